The van der Waals surface area contributed by atoms with Crippen LogP contribution in [-0.4, -0.2) is 67.6 Å². The van der Waals surface area contributed by atoms with Crippen molar-refractivity contribution < 1.29 is 9.59 Å². The molecule has 0 atom stereocenters. The molecule has 10 heteroatoms. The van der Waals surface area contributed by atoms with E-state index < -0.39 is 0 Å². The largest absolute Gasteiger partial charge is 0.358 e. The zero-order valence-corrected chi connectivity index (χ0v) is 22.6. The number of carbonyl (C=O) groups excluding carboxylic acids is 2. The van der Waals surface area contributed by atoms with Gasteiger partial charge in [-0.05, 0) is 56.8 Å². The third-order valence-electron chi connectivity index (χ3n) is 7.07. The first kappa shape index (κ1) is 26.1. The topological polar surface area (TPSA) is 121 Å². The molecule has 0 fully saturated rings. The quantitative estimate of drug-likeness (QED) is 0.286. The molecule has 200 valence electrons. The average Bonchev–Trinajstić information content (AvgIpc) is 3.63. The molecule has 0 spiro atoms. The lowest BCUT2D eigenvalue weighted by Crippen LogP contribution is -2.35. The second-order valence-corrected chi connectivity index (χ2v) is 9.43. The highest BCUT2D eigenvalue weighted by atomic mass is 16.2. The van der Waals surface area contributed by atoms with Gasteiger partial charge < -0.3 is 20.5 Å². The summed E-state index contributed by atoms with van der Waals surface area (Å²) in [7, 11) is 0. The minimum absolute atomic E-state index is 0.115. The fourth-order valence-electron chi connectivity index (χ4n) is 4.86. The van der Waals surface area contributed by atoms with E-state index in [2.05, 4.69) is 49.4 Å². The molecule has 3 N–H and O–H groups in total. The Labute approximate surface area is 227 Å². The maximum absolute atomic E-state index is 13.0. The number of aromatic amines is 1. The van der Waals surface area contributed by atoms with Crippen LogP contribution in [0.25, 0.3) is 28.7 Å². The molecule has 2 amide bonds. The van der Waals surface area contributed by atoms with Crippen LogP contribution in [0.3, 0.4) is 0 Å². The summed E-state index contributed by atoms with van der Waals surface area (Å²) in [5.74, 6) is 0.312. The SMILES string of the molecule is CCN(CC)CCNC(=O)c1c(C)[nH]c(/C=C2\C(=O)Nc3ccc(-c4ccn(-c5cnccn5)n4)cc32)c1C. The highest BCUT2D eigenvalue weighted by molar-refractivity contribution is 6.35. The highest BCUT2D eigenvalue weighted by Gasteiger charge is 2.26. The van der Waals surface area contributed by atoms with Crippen molar-refractivity contribution in [2.24, 2.45) is 0 Å². The number of rotatable bonds is 9. The van der Waals surface area contributed by atoms with E-state index in [9.17, 15) is 9.59 Å². The standard InChI is InChI=1S/C29H32N8O2/c1-5-36(6-2)14-12-32-29(39)27-18(3)25(33-19(27)4)16-22-21-15-20(7-8-24(21)34-28(22)38)23-9-13-37(35-23)26-17-30-10-11-31-26/h7-11,13,15-17,33H,5-6,12,14H2,1-4H3,(H,32,39)(H,34,38)/b22-16-. The van der Waals surface area contributed by atoms with Crippen LogP contribution in [0, 0.1) is 13.8 Å². The van der Waals surface area contributed by atoms with Crippen LogP contribution in [0.15, 0.2) is 49.1 Å². The molecular weight excluding hydrogens is 492 g/mol. The van der Waals surface area contributed by atoms with Gasteiger partial charge >= 0.3 is 0 Å². The first-order valence-electron chi connectivity index (χ1n) is 13.1. The number of nitrogens with zero attached hydrogens (tertiary/aromatic N) is 5. The van der Waals surface area contributed by atoms with Crippen LogP contribution in [0.2, 0.25) is 0 Å². The molecule has 0 saturated carbocycles. The predicted octanol–water partition coefficient (Wildman–Crippen LogP) is 3.84. The molecule has 1 aromatic carbocycles. The molecule has 1 aliphatic heterocycles. The van der Waals surface area contributed by atoms with E-state index in [-0.39, 0.29) is 11.8 Å². The molecule has 3 aromatic heterocycles. The maximum Gasteiger partial charge on any atom is 0.256 e. The highest BCUT2D eigenvalue weighted by Crippen LogP contribution is 2.36. The summed E-state index contributed by atoms with van der Waals surface area (Å²) < 4.78 is 1.66. The lowest BCUT2D eigenvalue weighted by Gasteiger charge is -2.18. The van der Waals surface area contributed by atoms with Crippen molar-refractivity contribution in [2.45, 2.75) is 27.7 Å². The molecule has 0 bridgehead atoms. The van der Waals surface area contributed by atoms with Gasteiger partial charge in [-0.15, -0.1) is 0 Å². The summed E-state index contributed by atoms with van der Waals surface area (Å²) in [5.41, 5.74) is 6.58. The molecule has 0 unspecified atom stereocenters. The number of amides is 2. The van der Waals surface area contributed by atoms with Crippen molar-refractivity contribution in [1.29, 1.82) is 0 Å². The average molecular weight is 525 g/mol. The lowest BCUT2D eigenvalue weighted by atomic mass is 10.0. The van der Waals surface area contributed by atoms with E-state index in [1.54, 1.807) is 23.3 Å². The number of aromatic nitrogens is 5. The Morgan fingerprint density at radius 2 is 1.97 bits per heavy atom. The summed E-state index contributed by atoms with van der Waals surface area (Å²) >= 11 is 0. The summed E-state index contributed by atoms with van der Waals surface area (Å²) in [6.07, 6.45) is 8.52. The van der Waals surface area contributed by atoms with Crippen molar-refractivity contribution in [3.63, 3.8) is 0 Å². The van der Waals surface area contributed by atoms with Gasteiger partial charge in [-0.1, -0.05) is 19.9 Å². The van der Waals surface area contributed by atoms with Crippen LogP contribution in [-0.2, 0) is 4.79 Å². The second-order valence-electron chi connectivity index (χ2n) is 9.43. The fraction of sp³-hybridized carbons (Fsp3) is 0.276. The lowest BCUT2D eigenvalue weighted by molar-refractivity contribution is -0.110. The first-order chi connectivity index (χ1) is 18.9. The number of carbonyl (C=O) groups is 2. The van der Waals surface area contributed by atoms with E-state index in [1.165, 1.54) is 0 Å². The van der Waals surface area contributed by atoms with Gasteiger partial charge in [-0.25, -0.2) is 9.67 Å². The third-order valence-corrected chi connectivity index (χ3v) is 7.07. The zero-order chi connectivity index (χ0) is 27.5. The third kappa shape index (κ3) is 5.23. The van der Waals surface area contributed by atoms with Crippen LogP contribution < -0.4 is 10.6 Å². The van der Waals surface area contributed by atoms with Crippen LogP contribution >= 0.6 is 0 Å². The number of nitrogens with one attached hydrogen (secondary N) is 3. The van der Waals surface area contributed by atoms with E-state index >= 15 is 0 Å². The summed E-state index contributed by atoms with van der Waals surface area (Å²) in [4.78, 5) is 39.9. The van der Waals surface area contributed by atoms with Gasteiger partial charge in [-0.3, -0.25) is 14.6 Å². The van der Waals surface area contributed by atoms with E-state index in [1.807, 2.05) is 50.4 Å². The zero-order valence-electron chi connectivity index (χ0n) is 22.6. The van der Waals surface area contributed by atoms with E-state index in [0.29, 0.717) is 23.5 Å². The Balaban J connectivity index is 1.41. The Bertz CT molecular complexity index is 1550. The van der Waals surface area contributed by atoms with Gasteiger partial charge in [0, 0.05) is 59.9 Å². The smallest absolute Gasteiger partial charge is 0.256 e. The molecular formula is C29H32N8O2. The van der Waals surface area contributed by atoms with E-state index in [4.69, 9.17) is 0 Å². The van der Waals surface area contributed by atoms with E-state index in [0.717, 1.165) is 59.1 Å². The van der Waals surface area contributed by atoms with Crippen LogP contribution in [0.4, 0.5) is 5.69 Å². The fourth-order valence-corrected chi connectivity index (χ4v) is 4.86. The summed E-state index contributed by atoms with van der Waals surface area (Å²) in [5, 5.41) is 10.6. The second kappa shape index (κ2) is 11.0. The monoisotopic (exact) mass is 524 g/mol. The normalized spacial score (nSPS) is 13.7. The minimum Gasteiger partial charge on any atom is -0.358 e. The van der Waals surface area contributed by atoms with Crippen molar-refractivity contribution in [1.82, 2.24) is 34.9 Å². The molecule has 0 aliphatic carbocycles. The number of anilines is 1. The summed E-state index contributed by atoms with van der Waals surface area (Å²) in [6.45, 7) is 11.3. The number of hydrogen-bond donors (Lipinski definition) is 3. The van der Waals surface area contributed by atoms with Gasteiger partial charge in [-0.2, -0.15) is 5.10 Å². The number of aryl methyl sites for hydroxylation is 1. The van der Waals surface area contributed by atoms with Crippen molar-refractivity contribution in [3.05, 3.63) is 77.1 Å². The molecule has 39 heavy (non-hydrogen) atoms. The number of hydrogen-bond acceptors (Lipinski definition) is 6. The van der Waals surface area contributed by atoms with Crippen LogP contribution in [0.5, 0.6) is 0 Å². The van der Waals surface area contributed by atoms with Gasteiger partial charge in [0.25, 0.3) is 11.8 Å². The van der Waals surface area contributed by atoms with Gasteiger partial charge in [0.15, 0.2) is 5.82 Å². The molecule has 4 heterocycles. The number of likely N-dealkylation sites (N-methyl/N-ethyl adjacent to an activating group) is 1. The Morgan fingerprint density at radius 1 is 1.15 bits per heavy atom. The van der Waals surface area contributed by atoms with Gasteiger partial charge in [0.05, 0.1) is 23.0 Å². The molecule has 0 saturated heterocycles. The van der Waals surface area contributed by atoms with Gasteiger partial charge in [0.1, 0.15) is 0 Å². The van der Waals surface area contributed by atoms with Crippen molar-refractivity contribution in [3.8, 4) is 17.1 Å². The molecule has 4 aromatic rings. The molecule has 5 rings (SSSR count). The van der Waals surface area contributed by atoms with Crippen molar-refractivity contribution in [2.75, 3.05) is 31.5 Å². The van der Waals surface area contributed by atoms with Crippen LogP contribution in [0.1, 0.15) is 46.7 Å². The Kier molecular flexibility index (Phi) is 7.38. The van der Waals surface area contributed by atoms with Gasteiger partial charge in [0.2, 0.25) is 0 Å². The Hall–Kier alpha value is -4.57. The number of fused-ring (bicyclic) bond motifs is 1. The number of H-pyrrole nitrogens is 1. The first-order valence-corrected chi connectivity index (χ1v) is 13.1. The summed E-state index contributed by atoms with van der Waals surface area (Å²) in [6, 6.07) is 7.66. The molecule has 1 aliphatic rings. The predicted molar refractivity (Wildman–Crippen MR) is 151 cm³/mol. The molecule has 10 nitrogen and oxygen atoms in total. The minimum atomic E-state index is -0.191. The Morgan fingerprint density at radius 3 is 2.72 bits per heavy atom. The number of benzene rings is 1. The molecule has 0 radical (unpaired) electrons. The maximum atomic E-state index is 13.0. The van der Waals surface area contributed by atoms with Crippen molar-refractivity contribution >= 4 is 29.2 Å².